The number of nitrogens with zero attached hydrogens (tertiary/aromatic N) is 5. The van der Waals surface area contributed by atoms with Gasteiger partial charge in [-0.1, -0.05) is 6.07 Å². The van der Waals surface area contributed by atoms with E-state index in [-0.39, 0.29) is 12.4 Å². The molecule has 0 unspecified atom stereocenters. The van der Waals surface area contributed by atoms with Crippen LogP contribution in [0.4, 0.5) is 4.39 Å². The molecule has 0 aliphatic rings. The Hall–Kier alpha value is -2.61. The molecular formula is C11H9FN6O. The highest BCUT2D eigenvalue weighted by molar-refractivity contribution is 5.39. The summed E-state index contributed by atoms with van der Waals surface area (Å²) >= 11 is 0. The molecule has 0 aliphatic heterocycles. The van der Waals surface area contributed by atoms with E-state index in [1.54, 1.807) is 24.3 Å². The van der Waals surface area contributed by atoms with E-state index in [1.165, 1.54) is 10.7 Å². The first kappa shape index (κ1) is 11.5. The van der Waals surface area contributed by atoms with E-state index in [0.717, 1.165) is 0 Å². The van der Waals surface area contributed by atoms with Gasteiger partial charge in [-0.25, -0.2) is 4.39 Å². The summed E-state index contributed by atoms with van der Waals surface area (Å²) < 4.78 is 20.3. The third kappa shape index (κ3) is 2.08. The second kappa shape index (κ2) is 4.58. The van der Waals surface area contributed by atoms with Crippen molar-refractivity contribution in [1.82, 2.24) is 25.3 Å². The molecule has 0 saturated carbocycles. The topological polar surface area (TPSA) is 91.2 Å². The molecule has 3 aromatic rings. The van der Waals surface area contributed by atoms with Gasteiger partial charge < -0.3 is 10.5 Å². The minimum absolute atomic E-state index is 0.0368. The lowest BCUT2D eigenvalue weighted by Crippen LogP contribution is -2.04. The lowest BCUT2D eigenvalue weighted by Gasteiger charge is -2.09. The van der Waals surface area contributed by atoms with Crippen molar-refractivity contribution >= 4 is 5.65 Å². The fourth-order valence-electron chi connectivity index (χ4n) is 1.63. The Morgan fingerprint density at radius 2 is 2.16 bits per heavy atom. The number of nitrogens with two attached hydrogens (primary N) is 1. The summed E-state index contributed by atoms with van der Waals surface area (Å²) in [6.45, 7) is 0.0368. The Morgan fingerprint density at radius 3 is 3.00 bits per heavy atom. The monoisotopic (exact) mass is 260 g/mol. The van der Waals surface area contributed by atoms with Crippen LogP contribution in [0.15, 0.2) is 30.3 Å². The highest BCUT2D eigenvalue weighted by Crippen LogP contribution is 2.25. The van der Waals surface area contributed by atoms with Crippen LogP contribution >= 0.6 is 0 Å². The van der Waals surface area contributed by atoms with Crippen LogP contribution in [0.25, 0.3) is 5.65 Å². The largest absolute Gasteiger partial charge is 0.437 e. The number of aromatic nitrogens is 5. The third-order valence-electron chi connectivity index (χ3n) is 2.54. The van der Waals surface area contributed by atoms with E-state index in [4.69, 9.17) is 10.5 Å². The molecule has 2 heterocycles. The molecule has 1 aromatic carbocycles. The maximum absolute atomic E-state index is 13.5. The number of hydrogen-bond donors (Lipinski definition) is 1. The van der Waals surface area contributed by atoms with Crippen LogP contribution in [0.3, 0.4) is 0 Å². The fourth-order valence-corrected chi connectivity index (χ4v) is 1.63. The normalized spacial score (nSPS) is 10.8. The van der Waals surface area contributed by atoms with Crippen molar-refractivity contribution in [2.24, 2.45) is 5.73 Å². The quantitative estimate of drug-likeness (QED) is 0.752. The SMILES string of the molecule is NCc1c(F)cccc1Oc1ccc2nnnn2n1. The standard InChI is InChI=1S/C11H9FN6O/c12-8-2-1-3-9(7(8)6-13)19-11-5-4-10-14-16-17-18(10)15-11/h1-5H,6,13H2. The van der Waals surface area contributed by atoms with Crippen LogP contribution in [-0.4, -0.2) is 25.3 Å². The minimum atomic E-state index is -0.413. The van der Waals surface area contributed by atoms with E-state index < -0.39 is 5.82 Å². The molecule has 19 heavy (non-hydrogen) atoms. The number of fused-ring (bicyclic) bond motifs is 1. The zero-order chi connectivity index (χ0) is 13.2. The first-order chi connectivity index (χ1) is 9.28. The Morgan fingerprint density at radius 1 is 1.26 bits per heavy atom. The highest BCUT2D eigenvalue weighted by atomic mass is 19.1. The molecule has 2 N–H and O–H groups in total. The van der Waals surface area contributed by atoms with Gasteiger partial charge in [0.2, 0.25) is 5.88 Å². The molecule has 0 amide bonds. The number of tetrazole rings is 1. The minimum Gasteiger partial charge on any atom is -0.437 e. The summed E-state index contributed by atoms with van der Waals surface area (Å²) in [6, 6.07) is 7.73. The maximum Gasteiger partial charge on any atom is 0.239 e. The fraction of sp³-hybridized carbons (Fsp3) is 0.0909. The summed E-state index contributed by atoms with van der Waals surface area (Å²) in [5.74, 6) is 0.158. The third-order valence-corrected chi connectivity index (χ3v) is 2.54. The summed E-state index contributed by atoms with van der Waals surface area (Å²) in [5.41, 5.74) is 6.29. The number of hydrogen-bond acceptors (Lipinski definition) is 6. The first-order valence-electron chi connectivity index (χ1n) is 5.48. The summed E-state index contributed by atoms with van der Waals surface area (Å²) in [5, 5.41) is 14.9. The van der Waals surface area contributed by atoms with Crippen molar-refractivity contribution in [3.63, 3.8) is 0 Å². The number of halogens is 1. The molecular weight excluding hydrogens is 251 g/mol. The van der Waals surface area contributed by atoms with E-state index >= 15 is 0 Å². The molecule has 96 valence electrons. The highest BCUT2D eigenvalue weighted by Gasteiger charge is 2.10. The van der Waals surface area contributed by atoms with Crippen LogP contribution in [0, 0.1) is 5.82 Å². The Bertz CT molecular complexity index is 728. The van der Waals surface area contributed by atoms with Crippen LogP contribution in [0.2, 0.25) is 0 Å². The molecule has 8 heteroatoms. The summed E-state index contributed by atoms with van der Waals surface area (Å²) in [4.78, 5) is 0. The smallest absolute Gasteiger partial charge is 0.239 e. The van der Waals surface area contributed by atoms with Gasteiger partial charge in [-0.05, 0) is 28.6 Å². The van der Waals surface area contributed by atoms with Gasteiger partial charge in [0, 0.05) is 18.2 Å². The zero-order valence-electron chi connectivity index (χ0n) is 9.69. The molecule has 0 radical (unpaired) electrons. The average molecular weight is 260 g/mol. The average Bonchev–Trinajstić information content (AvgIpc) is 2.86. The second-order valence-corrected chi connectivity index (χ2v) is 3.72. The van der Waals surface area contributed by atoms with Gasteiger partial charge in [0.25, 0.3) is 0 Å². The lowest BCUT2D eigenvalue weighted by molar-refractivity contribution is 0.436. The van der Waals surface area contributed by atoms with Crippen molar-refractivity contribution in [3.05, 3.63) is 41.7 Å². The molecule has 0 aliphatic carbocycles. The molecule has 0 bridgehead atoms. The van der Waals surface area contributed by atoms with Gasteiger partial charge in [-0.3, -0.25) is 0 Å². The second-order valence-electron chi connectivity index (χ2n) is 3.72. The molecule has 2 aromatic heterocycles. The van der Waals surface area contributed by atoms with Crippen molar-refractivity contribution in [1.29, 1.82) is 0 Å². The van der Waals surface area contributed by atoms with Crippen molar-refractivity contribution in [2.45, 2.75) is 6.54 Å². The van der Waals surface area contributed by atoms with E-state index in [9.17, 15) is 4.39 Å². The molecule has 0 atom stereocenters. The van der Waals surface area contributed by atoms with Gasteiger partial charge >= 0.3 is 0 Å². The van der Waals surface area contributed by atoms with Gasteiger partial charge in [-0.15, -0.1) is 14.8 Å². The van der Waals surface area contributed by atoms with Gasteiger partial charge in [0.15, 0.2) is 5.65 Å². The Labute approximate surface area is 106 Å². The van der Waals surface area contributed by atoms with E-state index in [2.05, 4.69) is 20.6 Å². The summed E-state index contributed by atoms with van der Waals surface area (Å²) in [6.07, 6.45) is 0. The van der Waals surface area contributed by atoms with E-state index in [1.807, 2.05) is 0 Å². The van der Waals surface area contributed by atoms with Crippen LogP contribution in [0.1, 0.15) is 5.56 Å². The van der Waals surface area contributed by atoms with Gasteiger partial charge in [-0.2, -0.15) is 0 Å². The molecule has 0 spiro atoms. The number of rotatable bonds is 3. The van der Waals surface area contributed by atoms with Crippen LogP contribution in [0.5, 0.6) is 11.6 Å². The van der Waals surface area contributed by atoms with Gasteiger partial charge in [0.1, 0.15) is 11.6 Å². The predicted molar refractivity (Wildman–Crippen MR) is 62.9 cm³/mol. The molecule has 0 fully saturated rings. The maximum atomic E-state index is 13.5. The predicted octanol–water partition coefficient (Wildman–Crippen LogP) is 0.909. The van der Waals surface area contributed by atoms with Crippen molar-refractivity contribution < 1.29 is 9.13 Å². The lowest BCUT2D eigenvalue weighted by atomic mass is 10.2. The Kier molecular flexibility index (Phi) is 2.76. The summed E-state index contributed by atoms with van der Waals surface area (Å²) in [7, 11) is 0. The number of ether oxygens (including phenoxy) is 1. The molecule has 3 rings (SSSR count). The van der Waals surface area contributed by atoms with Crippen LogP contribution in [-0.2, 0) is 6.54 Å². The Balaban J connectivity index is 1.98. The zero-order valence-corrected chi connectivity index (χ0v) is 9.69. The van der Waals surface area contributed by atoms with Crippen molar-refractivity contribution in [3.8, 4) is 11.6 Å². The molecule has 7 nitrogen and oxygen atoms in total. The number of benzene rings is 1. The van der Waals surface area contributed by atoms with E-state index in [0.29, 0.717) is 17.0 Å². The van der Waals surface area contributed by atoms with Crippen molar-refractivity contribution in [2.75, 3.05) is 0 Å². The molecule has 0 saturated heterocycles. The first-order valence-corrected chi connectivity index (χ1v) is 5.48. The van der Waals surface area contributed by atoms with Gasteiger partial charge in [0.05, 0.1) is 0 Å². The van der Waals surface area contributed by atoms with Crippen LogP contribution < -0.4 is 10.5 Å².